The third-order valence-corrected chi connectivity index (χ3v) is 3.36. The molecule has 2 nitrogen and oxygen atoms in total. The van der Waals surface area contributed by atoms with Crippen LogP contribution in [0, 0.1) is 5.82 Å². The van der Waals surface area contributed by atoms with Gasteiger partial charge in [0.1, 0.15) is 11.6 Å². The smallest absolute Gasteiger partial charge is 0.150 e. The van der Waals surface area contributed by atoms with Crippen molar-refractivity contribution < 1.29 is 13.9 Å². The molecule has 20 heavy (non-hydrogen) atoms. The first-order valence-corrected chi connectivity index (χ1v) is 6.69. The number of aldehydes is 1. The fourth-order valence-corrected chi connectivity index (χ4v) is 2.34. The van der Waals surface area contributed by atoms with Crippen LogP contribution >= 0.6 is 23.2 Å². The summed E-state index contributed by atoms with van der Waals surface area (Å²) in [6.07, 6.45) is 0.648. The Hall–Kier alpha value is -1.58. The van der Waals surface area contributed by atoms with Crippen LogP contribution in [0.4, 0.5) is 4.39 Å². The summed E-state index contributed by atoms with van der Waals surface area (Å²) < 4.78 is 18.7. The summed E-state index contributed by atoms with van der Waals surface area (Å²) in [5.74, 6) is -0.00125. The van der Waals surface area contributed by atoms with Crippen molar-refractivity contribution in [2.45, 2.75) is 6.92 Å². The van der Waals surface area contributed by atoms with E-state index in [1.165, 1.54) is 18.2 Å². The Balaban J connectivity index is 2.61. The summed E-state index contributed by atoms with van der Waals surface area (Å²) >= 11 is 12.3. The molecule has 0 unspecified atom stereocenters. The van der Waals surface area contributed by atoms with Crippen molar-refractivity contribution in [2.24, 2.45) is 0 Å². The zero-order valence-electron chi connectivity index (χ0n) is 10.6. The number of halogens is 3. The van der Waals surface area contributed by atoms with Crippen LogP contribution in [0.25, 0.3) is 11.1 Å². The van der Waals surface area contributed by atoms with Crippen molar-refractivity contribution in [3.8, 4) is 16.9 Å². The van der Waals surface area contributed by atoms with Crippen LogP contribution in [0.5, 0.6) is 5.75 Å². The molecule has 0 bridgehead atoms. The third kappa shape index (κ3) is 2.94. The Morgan fingerprint density at radius 1 is 1.15 bits per heavy atom. The molecule has 0 aliphatic rings. The average Bonchev–Trinajstić information content (AvgIpc) is 2.42. The molecule has 0 amide bonds. The van der Waals surface area contributed by atoms with Crippen molar-refractivity contribution in [2.75, 3.05) is 6.61 Å². The lowest BCUT2D eigenvalue weighted by Crippen LogP contribution is -1.95. The minimum atomic E-state index is -0.452. The summed E-state index contributed by atoms with van der Waals surface area (Å²) in [4.78, 5) is 11.1. The van der Waals surface area contributed by atoms with Crippen molar-refractivity contribution in [1.29, 1.82) is 0 Å². The van der Waals surface area contributed by atoms with Crippen molar-refractivity contribution in [3.05, 3.63) is 51.8 Å². The molecule has 0 heterocycles. The lowest BCUT2D eigenvalue weighted by atomic mass is 10.00. The highest BCUT2D eigenvalue weighted by molar-refractivity contribution is 6.36. The Morgan fingerprint density at radius 2 is 1.90 bits per heavy atom. The van der Waals surface area contributed by atoms with Gasteiger partial charge in [-0.25, -0.2) is 4.39 Å². The highest BCUT2D eigenvalue weighted by Gasteiger charge is 2.13. The molecule has 0 saturated carbocycles. The van der Waals surface area contributed by atoms with E-state index in [1.54, 1.807) is 12.1 Å². The molecule has 0 saturated heterocycles. The second kappa shape index (κ2) is 6.25. The highest BCUT2D eigenvalue weighted by Crippen LogP contribution is 2.38. The summed E-state index contributed by atoms with van der Waals surface area (Å²) in [6.45, 7) is 2.28. The van der Waals surface area contributed by atoms with Crippen LogP contribution in [0.1, 0.15) is 17.3 Å². The molecule has 2 rings (SSSR count). The van der Waals surface area contributed by atoms with E-state index in [4.69, 9.17) is 27.9 Å². The van der Waals surface area contributed by atoms with Gasteiger partial charge in [-0.3, -0.25) is 4.79 Å². The van der Waals surface area contributed by atoms with Crippen molar-refractivity contribution in [3.63, 3.8) is 0 Å². The van der Waals surface area contributed by atoms with Crippen LogP contribution in [-0.2, 0) is 0 Å². The van der Waals surface area contributed by atoms with E-state index in [2.05, 4.69) is 0 Å². The molecule has 5 heteroatoms. The van der Waals surface area contributed by atoms with Gasteiger partial charge in [0.15, 0.2) is 6.29 Å². The number of hydrogen-bond acceptors (Lipinski definition) is 2. The van der Waals surface area contributed by atoms with Crippen molar-refractivity contribution in [1.82, 2.24) is 0 Å². The number of hydrogen-bond donors (Lipinski definition) is 0. The monoisotopic (exact) mass is 312 g/mol. The molecule has 0 N–H and O–H groups in total. The number of carbonyl (C=O) groups excluding carboxylic acids is 1. The molecular formula is C15H11Cl2FO2. The van der Waals surface area contributed by atoms with Gasteiger partial charge in [0.25, 0.3) is 0 Å². The normalized spacial score (nSPS) is 10.4. The molecule has 0 radical (unpaired) electrons. The SMILES string of the molecule is CCOc1cc(Cl)c(-c2cc(F)ccc2C=O)cc1Cl. The van der Waals surface area contributed by atoms with E-state index in [9.17, 15) is 9.18 Å². The predicted molar refractivity (Wildman–Crippen MR) is 78.4 cm³/mol. The fourth-order valence-electron chi connectivity index (χ4n) is 1.87. The molecule has 2 aromatic rings. The Morgan fingerprint density at radius 3 is 2.55 bits per heavy atom. The van der Waals surface area contributed by atoms with Gasteiger partial charge < -0.3 is 4.74 Å². The second-order valence-corrected chi connectivity index (χ2v) is 4.86. The van der Waals surface area contributed by atoms with Crippen LogP contribution in [-0.4, -0.2) is 12.9 Å². The minimum absolute atomic E-state index is 0.339. The first kappa shape index (κ1) is 14.8. The summed E-state index contributed by atoms with van der Waals surface area (Å²) in [7, 11) is 0. The molecular weight excluding hydrogens is 302 g/mol. The van der Waals surface area contributed by atoms with E-state index < -0.39 is 5.82 Å². The predicted octanol–water partition coefficient (Wildman–Crippen LogP) is 5.01. The van der Waals surface area contributed by atoms with Gasteiger partial charge in [0, 0.05) is 17.2 Å². The largest absolute Gasteiger partial charge is 0.492 e. The van der Waals surface area contributed by atoms with Gasteiger partial charge in [-0.1, -0.05) is 23.2 Å². The first-order valence-electron chi connectivity index (χ1n) is 5.93. The van der Waals surface area contributed by atoms with Gasteiger partial charge in [-0.2, -0.15) is 0 Å². The topological polar surface area (TPSA) is 26.3 Å². The van der Waals surface area contributed by atoms with Crippen molar-refractivity contribution >= 4 is 29.5 Å². The first-order chi connectivity index (χ1) is 9.56. The van der Waals surface area contributed by atoms with Gasteiger partial charge in [0.05, 0.1) is 16.7 Å². The van der Waals surface area contributed by atoms with Gasteiger partial charge in [-0.05, 0) is 36.8 Å². The summed E-state index contributed by atoms with van der Waals surface area (Å²) in [6, 6.07) is 7.00. The number of carbonyl (C=O) groups is 1. The summed E-state index contributed by atoms with van der Waals surface area (Å²) in [5, 5.41) is 0.693. The maximum atomic E-state index is 13.4. The average molecular weight is 313 g/mol. The zero-order chi connectivity index (χ0) is 14.7. The van der Waals surface area contributed by atoms with Gasteiger partial charge >= 0.3 is 0 Å². The zero-order valence-corrected chi connectivity index (χ0v) is 12.1. The van der Waals surface area contributed by atoms with Crippen LogP contribution < -0.4 is 4.74 Å². The van der Waals surface area contributed by atoms with E-state index in [0.717, 1.165) is 0 Å². The molecule has 0 aliphatic heterocycles. The number of benzene rings is 2. The molecule has 0 fully saturated rings. The standard InChI is InChI=1S/C15H11Cl2FO2/c1-2-20-15-7-13(16)12(6-14(15)17)11-5-10(18)4-3-9(11)8-19/h3-8H,2H2,1H3. The van der Waals surface area contributed by atoms with Gasteiger partial charge in [0.2, 0.25) is 0 Å². The number of rotatable bonds is 4. The molecule has 2 aromatic carbocycles. The Labute approximate surface area is 126 Å². The lowest BCUT2D eigenvalue weighted by Gasteiger charge is -2.12. The van der Waals surface area contributed by atoms with Crippen LogP contribution in [0.3, 0.4) is 0 Å². The lowest BCUT2D eigenvalue weighted by molar-refractivity contribution is 0.112. The highest BCUT2D eigenvalue weighted by atomic mass is 35.5. The van der Waals surface area contributed by atoms with E-state index in [1.807, 2.05) is 6.92 Å². The minimum Gasteiger partial charge on any atom is -0.492 e. The van der Waals surface area contributed by atoms with Gasteiger partial charge in [-0.15, -0.1) is 0 Å². The maximum absolute atomic E-state index is 13.4. The summed E-state index contributed by atoms with van der Waals surface area (Å²) in [5.41, 5.74) is 1.23. The van der Waals surface area contributed by atoms with Crippen LogP contribution in [0.2, 0.25) is 10.0 Å². The molecule has 0 atom stereocenters. The maximum Gasteiger partial charge on any atom is 0.150 e. The third-order valence-electron chi connectivity index (χ3n) is 2.75. The Bertz CT molecular complexity index is 657. The van der Waals surface area contributed by atoms with E-state index >= 15 is 0 Å². The quantitative estimate of drug-likeness (QED) is 0.742. The molecule has 104 valence electrons. The van der Waals surface area contributed by atoms with E-state index in [0.29, 0.717) is 45.4 Å². The molecule has 0 aromatic heterocycles. The molecule has 0 aliphatic carbocycles. The second-order valence-electron chi connectivity index (χ2n) is 4.04. The van der Waals surface area contributed by atoms with E-state index in [-0.39, 0.29) is 0 Å². The van der Waals surface area contributed by atoms with Crippen LogP contribution in [0.15, 0.2) is 30.3 Å². The molecule has 0 spiro atoms. The fraction of sp³-hybridized carbons (Fsp3) is 0.133. The number of ether oxygens (including phenoxy) is 1. The Kier molecular flexibility index (Phi) is 4.63.